The van der Waals surface area contributed by atoms with E-state index in [-0.39, 0.29) is 11.8 Å². The number of hydrogen-bond acceptors (Lipinski definition) is 1. The van der Waals surface area contributed by atoms with Crippen molar-refractivity contribution in [2.75, 3.05) is 0 Å². The molecule has 13 heavy (non-hydrogen) atoms. The molecular weight excluding hydrogens is 162 g/mol. The van der Waals surface area contributed by atoms with Crippen LogP contribution in [0.3, 0.4) is 0 Å². The Bertz CT molecular complexity index is 372. The van der Waals surface area contributed by atoms with Gasteiger partial charge in [-0.2, -0.15) is 0 Å². The maximum atomic E-state index is 11.2. The third kappa shape index (κ3) is 0.857. The van der Waals surface area contributed by atoms with Crippen LogP contribution >= 0.6 is 0 Å². The highest BCUT2D eigenvalue weighted by molar-refractivity contribution is 5.87. The smallest absolute Gasteiger partial charge is 0.226 e. The Morgan fingerprint density at radius 2 is 2.15 bits per heavy atom. The van der Waals surface area contributed by atoms with Gasteiger partial charge in [-0.3, -0.25) is 4.79 Å². The summed E-state index contributed by atoms with van der Waals surface area (Å²) in [4.78, 5) is 11.2. The molecule has 1 aromatic rings. The minimum absolute atomic E-state index is 0.236. The molecule has 0 aromatic heterocycles. The summed E-state index contributed by atoms with van der Waals surface area (Å²) in [6.45, 7) is 0. The molecule has 0 bridgehead atoms. The number of benzene rings is 1. The van der Waals surface area contributed by atoms with Crippen molar-refractivity contribution in [2.45, 2.75) is 18.9 Å². The lowest BCUT2D eigenvalue weighted by Gasteiger charge is -2.41. The van der Waals surface area contributed by atoms with Gasteiger partial charge < -0.3 is 5.32 Å². The second-order valence-electron chi connectivity index (χ2n) is 3.83. The Labute approximate surface area is 77.0 Å². The van der Waals surface area contributed by atoms with Crippen molar-refractivity contribution in [3.63, 3.8) is 0 Å². The minimum Gasteiger partial charge on any atom is -0.348 e. The van der Waals surface area contributed by atoms with E-state index in [1.54, 1.807) is 0 Å². The van der Waals surface area contributed by atoms with E-state index in [1.807, 2.05) is 6.07 Å². The summed E-state index contributed by atoms with van der Waals surface area (Å²) < 4.78 is 0. The molecule has 1 N–H and O–H groups in total. The number of hydrogen-bond donors (Lipinski definition) is 1. The van der Waals surface area contributed by atoms with E-state index in [2.05, 4.69) is 23.5 Å². The molecule has 1 saturated heterocycles. The average Bonchev–Trinajstić information content (AvgIpc) is 2.16. The molecule has 2 atom stereocenters. The number of nitrogens with one attached hydrogen (secondary N) is 1. The summed E-state index contributed by atoms with van der Waals surface area (Å²) in [6.07, 6.45) is 2.08. The van der Waals surface area contributed by atoms with Gasteiger partial charge in [-0.1, -0.05) is 24.3 Å². The molecule has 0 spiro atoms. The number of amides is 1. The lowest BCUT2D eigenvalue weighted by Crippen LogP contribution is -2.53. The molecule has 66 valence electrons. The van der Waals surface area contributed by atoms with Crippen molar-refractivity contribution in [1.29, 1.82) is 0 Å². The Morgan fingerprint density at radius 1 is 1.31 bits per heavy atom. The lowest BCUT2D eigenvalue weighted by atomic mass is 9.74. The highest BCUT2D eigenvalue weighted by atomic mass is 16.2. The number of carbonyl (C=O) groups is 1. The van der Waals surface area contributed by atoms with Gasteiger partial charge in [-0.15, -0.1) is 0 Å². The van der Waals surface area contributed by atoms with Crippen LogP contribution in [0.2, 0.25) is 0 Å². The highest BCUT2D eigenvalue weighted by Crippen LogP contribution is 2.39. The summed E-state index contributed by atoms with van der Waals surface area (Å²) in [6, 6.07) is 8.73. The zero-order valence-electron chi connectivity index (χ0n) is 7.29. The topological polar surface area (TPSA) is 29.1 Å². The number of fused-ring (bicyclic) bond motifs is 3. The van der Waals surface area contributed by atoms with Crippen molar-refractivity contribution in [1.82, 2.24) is 5.32 Å². The highest BCUT2D eigenvalue weighted by Gasteiger charge is 2.42. The van der Waals surface area contributed by atoms with E-state index in [4.69, 9.17) is 0 Å². The Morgan fingerprint density at radius 3 is 3.00 bits per heavy atom. The van der Waals surface area contributed by atoms with Gasteiger partial charge in [0.15, 0.2) is 0 Å². The van der Waals surface area contributed by atoms with Crippen molar-refractivity contribution in [3.05, 3.63) is 35.4 Å². The zero-order valence-corrected chi connectivity index (χ0v) is 7.29. The van der Waals surface area contributed by atoms with Crippen molar-refractivity contribution >= 4 is 5.91 Å². The van der Waals surface area contributed by atoms with Gasteiger partial charge in [0.1, 0.15) is 0 Å². The Kier molecular flexibility index (Phi) is 1.29. The molecule has 2 heteroatoms. The third-order valence-electron chi connectivity index (χ3n) is 3.15. The zero-order chi connectivity index (χ0) is 8.84. The molecular formula is C11H11NO. The monoisotopic (exact) mass is 173 g/mol. The van der Waals surface area contributed by atoms with Gasteiger partial charge >= 0.3 is 0 Å². The molecule has 1 heterocycles. The first-order valence-corrected chi connectivity index (χ1v) is 4.74. The summed E-state index contributed by atoms with van der Waals surface area (Å²) >= 11 is 0. The van der Waals surface area contributed by atoms with E-state index in [9.17, 15) is 4.79 Å². The molecule has 1 aliphatic heterocycles. The fourth-order valence-electron chi connectivity index (χ4n) is 2.38. The third-order valence-corrected chi connectivity index (χ3v) is 3.15. The first-order valence-electron chi connectivity index (χ1n) is 4.74. The van der Waals surface area contributed by atoms with Crippen LogP contribution in [0, 0.1) is 5.92 Å². The quantitative estimate of drug-likeness (QED) is 0.591. The van der Waals surface area contributed by atoms with E-state index < -0.39 is 0 Å². The number of aryl methyl sites for hydroxylation is 1. The van der Waals surface area contributed by atoms with Gasteiger partial charge in [-0.25, -0.2) is 0 Å². The minimum atomic E-state index is 0.236. The van der Waals surface area contributed by atoms with Gasteiger partial charge in [0.25, 0.3) is 0 Å². The first kappa shape index (κ1) is 7.13. The lowest BCUT2D eigenvalue weighted by molar-refractivity contribution is -0.136. The van der Waals surface area contributed by atoms with Crippen LogP contribution in [0.1, 0.15) is 23.6 Å². The molecule has 2 aliphatic rings. The SMILES string of the molecule is O=C1N[C@@H]2c3ccccc3CC[C@H]12. The van der Waals surface area contributed by atoms with Crippen LogP contribution in [-0.4, -0.2) is 5.91 Å². The van der Waals surface area contributed by atoms with Gasteiger partial charge in [0.2, 0.25) is 5.91 Å². The van der Waals surface area contributed by atoms with Crippen LogP contribution in [0.15, 0.2) is 24.3 Å². The normalized spacial score (nSPS) is 29.7. The van der Waals surface area contributed by atoms with E-state index in [0.717, 1.165) is 12.8 Å². The standard InChI is InChI=1S/C11H11NO/c13-11-9-6-5-7-3-1-2-4-8(7)10(9)12-11/h1-4,9-10H,5-6H2,(H,12,13)/t9-,10+/m0/s1. The van der Waals surface area contributed by atoms with Crippen LogP contribution in [0.5, 0.6) is 0 Å². The molecule has 1 aromatic carbocycles. The molecule has 1 aliphatic carbocycles. The van der Waals surface area contributed by atoms with Crippen molar-refractivity contribution in [2.24, 2.45) is 5.92 Å². The molecule has 0 unspecified atom stereocenters. The number of carbonyl (C=O) groups excluding carboxylic acids is 1. The van der Waals surface area contributed by atoms with Gasteiger partial charge in [0, 0.05) is 0 Å². The van der Waals surface area contributed by atoms with Crippen LogP contribution in [0.25, 0.3) is 0 Å². The van der Waals surface area contributed by atoms with E-state index in [0.29, 0.717) is 6.04 Å². The Balaban J connectivity index is 2.05. The largest absolute Gasteiger partial charge is 0.348 e. The van der Waals surface area contributed by atoms with E-state index in [1.165, 1.54) is 11.1 Å². The van der Waals surface area contributed by atoms with Crippen molar-refractivity contribution in [3.8, 4) is 0 Å². The molecule has 1 amide bonds. The summed E-state index contributed by atoms with van der Waals surface area (Å²) in [7, 11) is 0. The first-order chi connectivity index (χ1) is 6.36. The second-order valence-corrected chi connectivity index (χ2v) is 3.83. The fourth-order valence-corrected chi connectivity index (χ4v) is 2.38. The summed E-state index contributed by atoms with van der Waals surface area (Å²) in [5.74, 6) is 0.495. The molecule has 0 radical (unpaired) electrons. The fraction of sp³-hybridized carbons (Fsp3) is 0.364. The van der Waals surface area contributed by atoms with Crippen LogP contribution < -0.4 is 5.32 Å². The van der Waals surface area contributed by atoms with Gasteiger partial charge in [-0.05, 0) is 24.0 Å². The molecule has 1 fully saturated rings. The number of β-lactam (4-membered cyclic amide) rings is 1. The predicted molar refractivity (Wildman–Crippen MR) is 49.1 cm³/mol. The average molecular weight is 173 g/mol. The Hall–Kier alpha value is -1.31. The summed E-state index contributed by atoms with van der Waals surface area (Å²) in [5, 5.41) is 2.96. The van der Waals surface area contributed by atoms with Crippen LogP contribution in [0.4, 0.5) is 0 Å². The predicted octanol–water partition coefficient (Wildman–Crippen LogP) is 1.42. The second kappa shape index (κ2) is 2.34. The summed E-state index contributed by atoms with van der Waals surface area (Å²) in [5.41, 5.74) is 2.74. The molecule has 2 nitrogen and oxygen atoms in total. The van der Waals surface area contributed by atoms with Crippen molar-refractivity contribution < 1.29 is 4.79 Å². The maximum absolute atomic E-state index is 11.2. The van der Waals surface area contributed by atoms with Gasteiger partial charge in [0.05, 0.1) is 12.0 Å². The van der Waals surface area contributed by atoms with Crippen LogP contribution in [-0.2, 0) is 11.2 Å². The maximum Gasteiger partial charge on any atom is 0.226 e. The van der Waals surface area contributed by atoms with E-state index >= 15 is 0 Å². The number of rotatable bonds is 0. The molecule has 3 rings (SSSR count). The molecule has 0 saturated carbocycles.